The van der Waals surface area contributed by atoms with E-state index in [0.29, 0.717) is 32.4 Å². The summed E-state index contributed by atoms with van der Waals surface area (Å²) in [4.78, 5) is 24.7. The molecule has 0 unspecified atom stereocenters. The van der Waals surface area contributed by atoms with Crippen molar-refractivity contribution < 1.29 is 14.3 Å². The van der Waals surface area contributed by atoms with Gasteiger partial charge in [-0.15, -0.1) is 0 Å². The number of carbonyl (C=O) groups is 2. The highest BCUT2D eigenvalue weighted by atomic mass is 16.5. The highest BCUT2D eigenvalue weighted by Crippen LogP contribution is 2.06. The topological polar surface area (TPSA) is 46.6 Å². The molecule has 0 saturated carbocycles. The Bertz CT molecular complexity index is 403. The number of ether oxygens (including phenoxy) is 1. The van der Waals surface area contributed by atoms with Gasteiger partial charge in [-0.2, -0.15) is 0 Å². The summed E-state index contributed by atoms with van der Waals surface area (Å²) in [5.41, 5.74) is 1.10. The van der Waals surface area contributed by atoms with E-state index in [4.69, 9.17) is 4.74 Å². The van der Waals surface area contributed by atoms with E-state index in [2.05, 4.69) is 0 Å². The molecule has 0 atom stereocenters. The first kappa shape index (κ1) is 15.2. The van der Waals surface area contributed by atoms with Crippen molar-refractivity contribution in [3.63, 3.8) is 0 Å². The lowest BCUT2D eigenvalue weighted by molar-refractivity contribution is -0.143. The second kappa shape index (κ2) is 8.29. The third-order valence-corrected chi connectivity index (χ3v) is 2.77. The lowest BCUT2D eigenvalue weighted by Crippen LogP contribution is -2.26. The van der Waals surface area contributed by atoms with Gasteiger partial charge < -0.3 is 9.64 Å². The van der Waals surface area contributed by atoms with E-state index in [1.54, 1.807) is 18.9 Å². The third-order valence-electron chi connectivity index (χ3n) is 2.77. The number of hydrogen-bond acceptors (Lipinski definition) is 3. The molecule has 0 saturated heterocycles. The summed E-state index contributed by atoms with van der Waals surface area (Å²) in [6.45, 7) is 2.76. The average Bonchev–Trinajstić information content (AvgIpc) is 2.40. The van der Waals surface area contributed by atoms with Crippen LogP contribution in [0.4, 0.5) is 0 Å². The van der Waals surface area contributed by atoms with Gasteiger partial charge in [0.15, 0.2) is 0 Å². The van der Waals surface area contributed by atoms with Gasteiger partial charge in [0.05, 0.1) is 6.61 Å². The van der Waals surface area contributed by atoms with E-state index in [0.717, 1.165) is 5.56 Å². The van der Waals surface area contributed by atoms with Crippen molar-refractivity contribution >= 4 is 11.9 Å². The Morgan fingerprint density at radius 3 is 2.47 bits per heavy atom. The molecule has 0 aliphatic rings. The van der Waals surface area contributed by atoms with Gasteiger partial charge in [-0.05, 0) is 18.9 Å². The van der Waals surface area contributed by atoms with E-state index < -0.39 is 0 Å². The van der Waals surface area contributed by atoms with Gasteiger partial charge in [0.2, 0.25) is 5.91 Å². The fourth-order valence-electron chi connectivity index (χ4n) is 1.75. The zero-order chi connectivity index (χ0) is 14.1. The molecule has 0 spiro atoms. The maximum atomic E-state index is 11.9. The van der Waals surface area contributed by atoms with E-state index in [1.807, 2.05) is 30.3 Å². The molecule has 0 aliphatic heterocycles. The van der Waals surface area contributed by atoms with Crippen LogP contribution in [0.1, 0.15) is 31.7 Å². The van der Waals surface area contributed by atoms with Crippen LogP contribution in [0.25, 0.3) is 0 Å². The summed E-state index contributed by atoms with van der Waals surface area (Å²) in [5.74, 6) is -0.186. The van der Waals surface area contributed by atoms with Gasteiger partial charge in [-0.25, -0.2) is 0 Å². The minimum absolute atomic E-state index is 0.0492. The van der Waals surface area contributed by atoms with Crippen LogP contribution in [0.5, 0.6) is 0 Å². The molecule has 0 bridgehead atoms. The number of esters is 1. The van der Waals surface area contributed by atoms with Crippen LogP contribution < -0.4 is 0 Å². The first-order valence-electron chi connectivity index (χ1n) is 6.57. The van der Waals surface area contributed by atoms with Crippen molar-refractivity contribution in [2.75, 3.05) is 13.7 Å². The van der Waals surface area contributed by atoms with Crippen molar-refractivity contribution in [1.82, 2.24) is 4.90 Å². The highest BCUT2D eigenvalue weighted by Gasteiger charge is 2.10. The Labute approximate surface area is 114 Å². The maximum absolute atomic E-state index is 11.9. The van der Waals surface area contributed by atoms with Gasteiger partial charge >= 0.3 is 5.97 Å². The molecule has 0 heterocycles. The molecule has 1 aromatic carbocycles. The molecular weight excluding hydrogens is 242 g/mol. The van der Waals surface area contributed by atoms with Crippen LogP contribution in [0, 0.1) is 0 Å². The SMILES string of the molecule is CCOC(=O)CCCC(=O)N(C)Cc1ccccc1. The fourth-order valence-corrected chi connectivity index (χ4v) is 1.75. The number of nitrogens with zero attached hydrogens (tertiary/aromatic N) is 1. The molecule has 1 aromatic rings. The van der Waals surface area contributed by atoms with Crippen LogP contribution in [0.2, 0.25) is 0 Å². The lowest BCUT2D eigenvalue weighted by atomic mass is 10.2. The lowest BCUT2D eigenvalue weighted by Gasteiger charge is -2.17. The molecule has 1 amide bonds. The van der Waals surface area contributed by atoms with Gasteiger partial charge in [-0.1, -0.05) is 30.3 Å². The Hall–Kier alpha value is -1.84. The average molecular weight is 263 g/mol. The van der Waals surface area contributed by atoms with Gasteiger partial charge in [0, 0.05) is 26.4 Å². The van der Waals surface area contributed by atoms with Crippen molar-refractivity contribution in [1.29, 1.82) is 0 Å². The zero-order valence-corrected chi connectivity index (χ0v) is 11.6. The molecule has 0 aromatic heterocycles. The van der Waals surface area contributed by atoms with Crippen LogP contribution in [0.15, 0.2) is 30.3 Å². The first-order valence-corrected chi connectivity index (χ1v) is 6.57. The molecule has 1 rings (SSSR count). The van der Waals surface area contributed by atoms with Crippen LogP contribution in [-0.4, -0.2) is 30.4 Å². The molecule has 0 radical (unpaired) electrons. The summed E-state index contributed by atoms with van der Waals surface area (Å²) >= 11 is 0. The van der Waals surface area contributed by atoms with Gasteiger partial charge in [0.1, 0.15) is 0 Å². The Morgan fingerprint density at radius 1 is 1.16 bits per heavy atom. The molecule has 4 heteroatoms. The number of benzene rings is 1. The number of hydrogen-bond donors (Lipinski definition) is 0. The standard InChI is InChI=1S/C15H21NO3/c1-3-19-15(18)11-7-10-14(17)16(2)12-13-8-5-4-6-9-13/h4-6,8-9H,3,7,10-12H2,1-2H3. The molecular formula is C15H21NO3. The van der Waals surface area contributed by atoms with E-state index in [9.17, 15) is 9.59 Å². The largest absolute Gasteiger partial charge is 0.466 e. The van der Waals surface area contributed by atoms with E-state index in [1.165, 1.54) is 0 Å². The first-order chi connectivity index (χ1) is 9.13. The van der Waals surface area contributed by atoms with Crippen LogP contribution >= 0.6 is 0 Å². The smallest absolute Gasteiger partial charge is 0.305 e. The third kappa shape index (κ3) is 6.04. The van der Waals surface area contributed by atoms with Crippen molar-refractivity contribution in [3.05, 3.63) is 35.9 Å². The molecule has 0 fully saturated rings. The summed E-state index contributed by atoms with van der Waals surface area (Å²) in [6, 6.07) is 9.83. The predicted octanol–water partition coefficient (Wildman–Crippen LogP) is 2.38. The molecule has 4 nitrogen and oxygen atoms in total. The quantitative estimate of drug-likeness (QED) is 0.710. The fraction of sp³-hybridized carbons (Fsp3) is 0.467. The van der Waals surface area contributed by atoms with Crippen molar-refractivity contribution in [2.45, 2.75) is 32.7 Å². The summed E-state index contributed by atoms with van der Waals surface area (Å²) < 4.78 is 4.82. The van der Waals surface area contributed by atoms with E-state index >= 15 is 0 Å². The Balaban J connectivity index is 2.27. The maximum Gasteiger partial charge on any atom is 0.305 e. The molecule has 0 N–H and O–H groups in total. The monoisotopic (exact) mass is 263 g/mol. The summed E-state index contributed by atoms with van der Waals surface area (Å²) in [7, 11) is 1.78. The minimum Gasteiger partial charge on any atom is -0.466 e. The number of rotatable bonds is 7. The summed E-state index contributed by atoms with van der Waals surface area (Å²) in [5, 5.41) is 0. The van der Waals surface area contributed by atoms with Crippen LogP contribution in [-0.2, 0) is 20.9 Å². The molecule has 104 valence electrons. The van der Waals surface area contributed by atoms with Gasteiger partial charge in [0.25, 0.3) is 0 Å². The van der Waals surface area contributed by atoms with Crippen molar-refractivity contribution in [2.24, 2.45) is 0 Å². The second-order valence-electron chi connectivity index (χ2n) is 4.39. The molecule has 0 aliphatic carbocycles. The number of carbonyl (C=O) groups excluding carboxylic acids is 2. The Kier molecular flexibility index (Phi) is 6.64. The Morgan fingerprint density at radius 2 is 1.84 bits per heavy atom. The minimum atomic E-state index is -0.235. The zero-order valence-electron chi connectivity index (χ0n) is 11.6. The predicted molar refractivity (Wildman–Crippen MR) is 73.4 cm³/mol. The normalized spacial score (nSPS) is 10.0. The molecule has 19 heavy (non-hydrogen) atoms. The van der Waals surface area contributed by atoms with Gasteiger partial charge in [-0.3, -0.25) is 9.59 Å². The summed E-state index contributed by atoms with van der Waals surface area (Å²) in [6.07, 6.45) is 1.22. The van der Waals surface area contributed by atoms with Crippen LogP contribution in [0.3, 0.4) is 0 Å². The number of amides is 1. The van der Waals surface area contributed by atoms with Crippen molar-refractivity contribution in [3.8, 4) is 0 Å². The second-order valence-corrected chi connectivity index (χ2v) is 4.39. The van der Waals surface area contributed by atoms with E-state index in [-0.39, 0.29) is 11.9 Å². The highest BCUT2D eigenvalue weighted by molar-refractivity contribution is 5.77.